The van der Waals surface area contributed by atoms with Gasteiger partial charge < -0.3 is 0 Å². The van der Waals surface area contributed by atoms with Gasteiger partial charge in [-0.25, -0.2) is 13.8 Å². The molecule has 0 saturated heterocycles. The Morgan fingerprint density at radius 3 is 2.12 bits per heavy atom. The van der Waals surface area contributed by atoms with E-state index in [0.29, 0.717) is 12.1 Å². The number of hydrazone groups is 1. The van der Waals surface area contributed by atoms with Crippen molar-refractivity contribution in [1.82, 2.24) is 5.43 Å². The van der Waals surface area contributed by atoms with Gasteiger partial charge in [-0.15, -0.1) is 0 Å². The maximum absolute atomic E-state index is 13.3. The Morgan fingerprint density at radius 2 is 1.50 bits per heavy atom. The highest BCUT2D eigenvalue weighted by Gasteiger charge is 2.27. The van der Waals surface area contributed by atoms with Gasteiger partial charge in [0.1, 0.15) is 6.54 Å². The summed E-state index contributed by atoms with van der Waals surface area (Å²) in [5.41, 5.74) is 5.80. The van der Waals surface area contributed by atoms with E-state index in [0.717, 1.165) is 22.0 Å². The number of nitrogens with one attached hydrogen (secondary N) is 1. The van der Waals surface area contributed by atoms with Crippen LogP contribution in [0.25, 0.3) is 0 Å². The number of hydrogen-bond acceptors (Lipinski definition) is 4. The van der Waals surface area contributed by atoms with Crippen LogP contribution in [-0.4, -0.2) is 26.6 Å². The van der Waals surface area contributed by atoms with Crippen molar-refractivity contribution in [2.45, 2.75) is 31.6 Å². The summed E-state index contributed by atoms with van der Waals surface area (Å²) in [6.45, 7) is 3.34. The molecule has 0 fully saturated rings. The summed E-state index contributed by atoms with van der Waals surface area (Å²) >= 11 is 0. The van der Waals surface area contributed by atoms with Crippen molar-refractivity contribution in [2.24, 2.45) is 5.10 Å². The highest BCUT2D eigenvalue weighted by Crippen LogP contribution is 2.23. The van der Waals surface area contributed by atoms with Crippen LogP contribution < -0.4 is 9.73 Å². The van der Waals surface area contributed by atoms with Crippen molar-refractivity contribution in [3.8, 4) is 0 Å². The van der Waals surface area contributed by atoms with E-state index in [9.17, 15) is 13.2 Å². The third-order valence-electron chi connectivity index (χ3n) is 4.93. The summed E-state index contributed by atoms with van der Waals surface area (Å²) in [5, 5.41) is 4.15. The summed E-state index contributed by atoms with van der Waals surface area (Å²) in [6, 6.07) is 25.1. The quantitative estimate of drug-likeness (QED) is 0.390. The number of aryl methyl sites for hydroxylation is 2. The molecule has 0 aliphatic heterocycles. The predicted octanol–water partition coefficient (Wildman–Crippen LogP) is 4.32. The molecule has 0 radical (unpaired) electrons. The van der Waals surface area contributed by atoms with E-state index in [2.05, 4.69) is 10.5 Å². The maximum atomic E-state index is 13.3. The molecule has 32 heavy (non-hydrogen) atoms. The van der Waals surface area contributed by atoms with Crippen molar-refractivity contribution < 1.29 is 13.2 Å². The fourth-order valence-corrected chi connectivity index (χ4v) is 4.52. The van der Waals surface area contributed by atoms with Gasteiger partial charge in [0.25, 0.3) is 15.9 Å². The number of benzene rings is 3. The van der Waals surface area contributed by atoms with Crippen LogP contribution in [0.2, 0.25) is 0 Å². The molecule has 0 bridgehead atoms. The van der Waals surface area contributed by atoms with Gasteiger partial charge in [-0.05, 0) is 56.5 Å². The van der Waals surface area contributed by atoms with Gasteiger partial charge in [-0.3, -0.25) is 9.10 Å². The molecule has 0 aromatic heterocycles. The molecule has 0 heterocycles. The number of para-hydroxylation sites is 1. The normalized spacial score (nSPS) is 11.8. The van der Waals surface area contributed by atoms with Crippen molar-refractivity contribution in [3.05, 3.63) is 96.1 Å². The van der Waals surface area contributed by atoms with Crippen LogP contribution >= 0.6 is 0 Å². The number of hydrogen-bond donors (Lipinski definition) is 1. The largest absolute Gasteiger partial charge is 0.271 e. The van der Waals surface area contributed by atoms with Crippen molar-refractivity contribution in [2.75, 3.05) is 10.8 Å². The molecule has 3 aromatic carbocycles. The van der Waals surface area contributed by atoms with Crippen LogP contribution in [0.4, 0.5) is 5.69 Å². The van der Waals surface area contributed by atoms with Gasteiger partial charge in [-0.1, -0.05) is 66.2 Å². The first-order chi connectivity index (χ1) is 15.4. The van der Waals surface area contributed by atoms with E-state index in [-0.39, 0.29) is 11.4 Å². The van der Waals surface area contributed by atoms with E-state index < -0.39 is 15.9 Å². The predicted molar refractivity (Wildman–Crippen MR) is 128 cm³/mol. The molecule has 0 aliphatic rings. The second-order valence-corrected chi connectivity index (χ2v) is 9.39. The standard InChI is InChI=1S/C25H27N3O3S/c1-20-13-17-24(18-14-20)32(30,31)28(23-11-7-4-8-12-23)19-25(29)27-26-21(2)15-16-22-9-5-3-6-10-22/h3-14,17-18H,15-16,19H2,1-2H3,(H,27,29)/b26-21-. The van der Waals surface area contributed by atoms with Crippen LogP contribution in [-0.2, 0) is 21.2 Å². The zero-order chi connectivity index (χ0) is 23.0. The van der Waals surface area contributed by atoms with Crippen LogP contribution in [0.15, 0.2) is 94.9 Å². The lowest BCUT2D eigenvalue weighted by molar-refractivity contribution is -0.119. The van der Waals surface area contributed by atoms with Gasteiger partial charge in [0.2, 0.25) is 0 Å². The molecule has 7 heteroatoms. The molecule has 0 aliphatic carbocycles. The molecule has 0 unspecified atom stereocenters. The zero-order valence-electron chi connectivity index (χ0n) is 18.2. The molecule has 1 N–H and O–H groups in total. The first-order valence-corrected chi connectivity index (χ1v) is 11.8. The monoisotopic (exact) mass is 449 g/mol. The summed E-state index contributed by atoms with van der Waals surface area (Å²) in [7, 11) is -3.93. The van der Waals surface area contributed by atoms with E-state index in [1.807, 2.05) is 44.2 Å². The number of amides is 1. The number of anilines is 1. The second kappa shape index (κ2) is 10.7. The molecule has 6 nitrogen and oxygen atoms in total. The molecule has 3 rings (SSSR count). The summed E-state index contributed by atoms with van der Waals surface area (Å²) < 4.78 is 27.7. The summed E-state index contributed by atoms with van der Waals surface area (Å²) in [6.07, 6.45) is 1.50. The molecule has 0 spiro atoms. The molecular formula is C25H27N3O3S. The number of carbonyl (C=O) groups excluding carboxylic acids is 1. The van der Waals surface area contributed by atoms with E-state index >= 15 is 0 Å². The van der Waals surface area contributed by atoms with Crippen molar-refractivity contribution in [1.29, 1.82) is 0 Å². The van der Waals surface area contributed by atoms with E-state index in [1.165, 1.54) is 5.56 Å². The van der Waals surface area contributed by atoms with Gasteiger partial charge >= 0.3 is 0 Å². The Kier molecular flexibility index (Phi) is 7.78. The van der Waals surface area contributed by atoms with Crippen LogP contribution in [0.5, 0.6) is 0 Å². The smallest absolute Gasteiger partial charge is 0.264 e. The van der Waals surface area contributed by atoms with Crippen molar-refractivity contribution >= 4 is 27.3 Å². The SMILES string of the molecule is C/C(CCc1ccccc1)=N/NC(=O)CN(c1ccccc1)S(=O)(=O)c1ccc(C)cc1. The van der Waals surface area contributed by atoms with Gasteiger partial charge in [0, 0.05) is 5.71 Å². The lowest BCUT2D eigenvalue weighted by atomic mass is 10.1. The number of sulfonamides is 1. The first-order valence-electron chi connectivity index (χ1n) is 10.4. The van der Waals surface area contributed by atoms with Gasteiger partial charge in [-0.2, -0.15) is 5.10 Å². The average molecular weight is 450 g/mol. The molecule has 1 amide bonds. The summed E-state index contributed by atoms with van der Waals surface area (Å²) in [4.78, 5) is 12.7. The zero-order valence-corrected chi connectivity index (χ0v) is 19.0. The third-order valence-corrected chi connectivity index (χ3v) is 6.72. The average Bonchev–Trinajstić information content (AvgIpc) is 2.81. The van der Waals surface area contributed by atoms with E-state index in [1.54, 1.807) is 54.6 Å². The highest BCUT2D eigenvalue weighted by molar-refractivity contribution is 7.92. The summed E-state index contributed by atoms with van der Waals surface area (Å²) in [5.74, 6) is -0.511. The maximum Gasteiger partial charge on any atom is 0.264 e. The van der Waals surface area contributed by atoms with Crippen LogP contribution in [0.3, 0.4) is 0 Å². The third kappa shape index (κ3) is 6.28. The minimum Gasteiger partial charge on any atom is -0.271 e. The van der Waals surface area contributed by atoms with E-state index in [4.69, 9.17) is 0 Å². The second-order valence-electron chi connectivity index (χ2n) is 7.53. The lowest BCUT2D eigenvalue weighted by Crippen LogP contribution is -2.39. The Balaban J connectivity index is 1.72. The molecular weight excluding hydrogens is 422 g/mol. The van der Waals surface area contributed by atoms with Crippen molar-refractivity contribution in [3.63, 3.8) is 0 Å². The molecule has 0 saturated carbocycles. The molecule has 3 aromatic rings. The minimum absolute atomic E-state index is 0.127. The Morgan fingerprint density at radius 1 is 0.906 bits per heavy atom. The Bertz CT molecular complexity index is 1160. The first kappa shape index (κ1) is 23.2. The Labute approximate surface area is 189 Å². The fourth-order valence-electron chi connectivity index (χ4n) is 3.10. The van der Waals surface area contributed by atoms with Gasteiger partial charge in [0.15, 0.2) is 0 Å². The van der Waals surface area contributed by atoms with Crippen LogP contribution in [0, 0.1) is 6.92 Å². The topological polar surface area (TPSA) is 78.8 Å². The molecule has 166 valence electrons. The lowest BCUT2D eigenvalue weighted by Gasteiger charge is -2.23. The van der Waals surface area contributed by atoms with Gasteiger partial charge in [0.05, 0.1) is 10.6 Å². The number of rotatable bonds is 9. The van der Waals surface area contributed by atoms with Crippen LogP contribution in [0.1, 0.15) is 24.5 Å². The minimum atomic E-state index is -3.93. The number of nitrogens with zero attached hydrogens (tertiary/aromatic N) is 2. The highest BCUT2D eigenvalue weighted by atomic mass is 32.2. The molecule has 0 atom stereocenters. The fraction of sp³-hybridized carbons (Fsp3) is 0.200. The number of carbonyl (C=O) groups is 1. The Hall–Kier alpha value is -3.45.